The minimum absolute atomic E-state index is 0.0994. The molecule has 2 amide bonds. The molecule has 2 N–H and O–H groups in total. The number of ether oxygens (including phenoxy) is 3. The molecule has 0 saturated carbocycles. The Bertz CT molecular complexity index is 623. The molecule has 8 nitrogen and oxygen atoms in total. The van der Waals surface area contributed by atoms with Gasteiger partial charge in [0.15, 0.2) is 18.1 Å². The van der Waals surface area contributed by atoms with Crippen LogP contribution in [0.15, 0.2) is 23.3 Å². The number of carbonyl (C=O) groups is 2. The molecule has 0 aliphatic carbocycles. The molecule has 25 heavy (non-hydrogen) atoms. The standard InChI is InChI=1S/C17H25N3O5/c1-6-18-15(21)11-24-13-8-7-12(9-14(13)23-5)10-19-20-16(22)25-17(2,3)4/h7-10H,6,11H2,1-5H3,(H,18,21)(H,20,22)/b19-10-. The first-order valence-electron chi connectivity index (χ1n) is 7.84. The fourth-order valence-corrected chi connectivity index (χ4v) is 1.74. The fourth-order valence-electron chi connectivity index (χ4n) is 1.74. The van der Waals surface area contributed by atoms with Crippen LogP contribution in [0.1, 0.15) is 33.3 Å². The van der Waals surface area contributed by atoms with Crippen LogP contribution in [0.25, 0.3) is 0 Å². The molecule has 0 aromatic heterocycles. The number of hydrazone groups is 1. The average Bonchev–Trinajstić information content (AvgIpc) is 2.52. The number of benzene rings is 1. The highest BCUT2D eigenvalue weighted by atomic mass is 16.6. The van der Waals surface area contributed by atoms with E-state index < -0.39 is 11.7 Å². The molecule has 138 valence electrons. The largest absolute Gasteiger partial charge is 0.493 e. The summed E-state index contributed by atoms with van der Waals surface area (Å²) in [6.45, 7) is 7.57. The third-order valence-electron chi connectivity index (χ3n) is 2.69. The molecule has 0 fully saturated rings. The number of likely N-dealkylation sites (N-methyl/N-ethyl adjacent to an activating group) is 1. The summed E-state index contributed by atoms with van der Waals surface area (Å²) in [5.41, 5.74) is 2.36. The zero-order valence-corrected chi connectivity index (χ0v) is 15.2. The Morgan fingerprint density at radius 1 is 1.24 bits per heavy atom. The Kier molecular flexibility index (Phi) is 7.71. The molecule has 1 aromatic rings. The summed E-state index contributed by atoms with van der Waals surface area (Å²) < 4.78 is 15.7. The smallest absolute Gasteiger partial charge is 0.428 e. The highest BCUT2D eigenvalue weighted by Crippen LogP contribution is 2.27. The summed E-state index contributed by atoms with van der Waals surface area (Å²) >= 11 is 0. The summed E-state index contributed by atoms with van der Waals surface area (Å²) in [5, 5.41) is 6.46. The maximum absolute atomic E-state index is 11.5. The van der Waals surface area contributed by atoms with Gasteiger partial charge in [-0.15, -0.1) is 0 Å². The van der Waals surface area contributed by atoms with Crippen molar-refractivity contribution < 1.29 is 23.8 Å². The predicted octanol–water partition coefficient (Wildman–Crippen LogP) is 2.07. The minimum Gasteiger partial charge on any atom is -0.493 e. The number of hydrogen-bond donors (Lipinski definition) is 2. The molecule has 0 radical (unpaired) electrons. The third kappa shape index (κ3) is 8.05. The molecule has 0 spiro atoms. The highest BCUT2D eigenvalue weighted by Gasteiger charge is 2.15. The molecule has 0 saturated heterocycles. The van der Waals surface area contributed by atoms with Gasteiger partial charge >= 0.3 is 6.09 Å². The monoisotopic (exact) mass is 351 g/mol. The summed E-state index contributed by atoms with van der Waals surface area (Å²) in [6.07, 6.45) is 0.803. The lowest BCUT2D eigenvalue weighted by Gasteiger charge is -2.18. The number of methoxy groups -OCH3 is 1. The Labute approximate surface area is 147 Å². The zero-order chi connectivity index (χ0) is 18.9. The maximum atomic E-state index is 11.5. The van der Waals surface area contributed by atoms with E-state index in [1.165, 1.54) is 13.3 Å². The Hall–Kier alpha value is -2.77. The molecule has 1 aromatic carbocycles. The van der Waals surface area contributed by atoms with Crippen molar-refractivity contribution in [1.82, 2.24) is 10.7 Å². The van der Waals surface area contributed by atoms with Crippen LogP contribution < -0.4 is 20.2 Å². The van der Waals surface area contributed by atoms with Gasteiger partial charge in [-0.05, 0) is 51.5 Å². The van der Waals surface area contributed by atoms with Gasteiger partial charge in [0.1, 0.15) is 5.60 Å². The maximum Gasteiger partial charge on any atom is 0.428 e. The van der Waals surface area contributed by atoms with E-state index in [1.807, 2.05) is 6.92 Å². The molecule has 1 rings (SSSR count). The van der Waals surface area contributed by atoms with Crippen LogP contribution >= 0.6 is 0 Å². The van der Waals surface area contributed by atoms with Crippen LogP contribution in [-0.2, 0) is 9.53 Å². The van der Waals surface area contributed by atoms with E-state index in [0.29, 0.717) is 23.6 Å². The van der Waals surface area contributed by atoms with Crippen molar-refractivity contribution in [2.45, 2.75) is 33.3 Å². The highest BCUT2D eigenvalue weighted by molar-refractivity contribution is 5.82. The van der Waals surface area contributed by atoms with E-state index in [-0.39, 0.29) is 12.5 Å². The lowest BCUT2D eigenvalue weighted by atomic mass is 10.2. The second-order valence-electron chi connectivity index (χ2n) is 6.02. The number of nitrogens with one attached hydrogen (secondary N) is 2. The van der Waals surface area contributed by atoms with Crippen LogP contribution in [0.3, 0.4) is 0 Å². The zero-order valence-electron chi connectivity index (χ0n) is 15.2. The summed E-state index contributed by atoms with van der Waals surface area (Å²) in [4.78, 5) is 22.9. The molecule has 8 heteroatoms. The van der Waals surface area contributed by atoms with E-state index in [9.17, 15) is 9.59 Å². The van der Waals surface area contributed by atoms with E-state index in [1.54, 1.807) is 39.0 Å². The van der Waals surface area contributed by atoms with Gasteiger partial charge in [0.05, 0.1) is 13.3 Å². The van der Waals surface area contributed by atoms with E-state index in [2.05, 4.69) is 15.8 Å². The average molecular weight is 351 g/mol. The topological polar surface area (TPSA) is 98.2 Å². The van der Waals surface area contributed by atoms with Crippen LogP contribution in [0, 0.1) is 0 Å². The minimum atomic E-state index is -0.641. The second kappa shape index (κ2) is 9.51. The van der Waals surface area contributed by atoms with Crippen LogP contribution in [0.2, 0.25) is 0 Å². The molecule has 0 aliphatic rings. The van der Waals surface area contributed by atoms with Gasteiger partial charge in [0.25, 0.3) is 5.91 Å². The van der Waals surface area contributed by atoms with Crippen molar-refractivity contribution in [3.63, 3.8) is 0 Å². The number of hydrogen-bond acceptors (Lipinski definition) is 6. The van der Waals surface area contributed by atoms with Gasteiger partial charge in [-0.3, -0.25) is 4.79 Å². The lowest BCUT2D eigenvalue weighted by Crippen LogP contribution is -2.29. The van der Waals surface area contributed by atoms with Crippen LogP contribution in [0.5, 0.6) is 11.5 Å². The summed E-state index contributed by atoms with van der Waals surface area (Å²) in [6, 6.07) is 5.05. The summed E-state index contributed by atoms with van der Waals surface area (Å²) in [5.74, 6) is 0.674. The molecular formula is C17H25N3O5. The molecular weight excluding hydrogens is 326 g/mol. The van der Waals surface area contributed by atoms with Crippen molar-refractivity contribution >= 4 is 18.2 Å². The van der Waals surface area contributed by atoms with Crippen LogP contribution in [-0.4, -0.2) is 44.1 Å². The van der Waals surface area contributed by atoms with Gasteiger partial charge in [0.2, 0.25) is 0 Å². The quantitative estimate of drug-likeness (QED) is 0.579. The first kappa shape index (κ1) is 20.3. The lowest BCUT2D eigenvalue weighted by molar-refractivity contribution is -0.123. The number of amides is 2. The molecule has 0 aliphatic heterocycles. The van der Waals surface area contributed by atoms with Gasteiger partial charge in [-0.2, -0.15) is 5.10 Å². The Balaban J connectivity index is 2.66. The molecule has 0 unspecified atom stereocenters. The number of rotatable bonds is 7. The van der Waals surface area contributed by atoms with Crippen molar-refractivity contribution in [2.75, 3.05) is 20.3 Å². The van der Waals surface area contributed by atoms with E-state index in [0.717, 1.165) is 0 Å². The van der Waals surface area contributed by atoms with Crippen molar-refractivity contribution in [3.8, 4) is 11.5 Å². The Morgan fingerprint density at radius 3 is 2.56 bits per heavy atom. The number of nitrogens with zero attached hydrogens (tertiary/aromatic N) is 1. The molecule has 0 heterocycles. The third-order valence-corrected chi connectivity index (χ3v) is 2.69. The van der Waals surface area contributed by atoms with E-state index in [4.69, 9.17) is 14.2 Å². The summed E-state index contributed by atoms with van der Waals surface area (Å²) in [7, 11) is 1.49. The molecule has 0 bridgehead atoms. The van der Waals surface area contributed by atoms with E-state index >= 15 is 0 Å². The molecule has 0 atom stereocenters. The second-order valence-corrected chi connectivity index (χ2v) is 6.02. The normalized spacial score (nSPS) is 11.1. The van der Waals surface area contributed by atoms with Crippen molar-refractivity contribution in [2.24, 2.45) is 5.10 Å². The first-order chi connectivity index (χ1) is 11.7. The predicted molar refractivity (Wildman–Crippen MR) is 94.1 cm³/mol. The van der Waals surface area contributed by atoms with Crippen molar-refractivity contribution in [1.29, 1.82) is 0 Å². The van der Waals surface area contributed by atoms with Crippen LogP contribution in [0.4, 0.5) is 4.79 Å². The fraction of sp³-hybridized carbons (Fsp3) is 0.471. The van der Waals surface area contributed by atoms with Gasteiger partial charge < -0.3 is 19.5 Å². The van der Waals surface area contributed by atoms with Gasteiger partial charge in [-0.25, -0.2) is 10.2 Å². The first-order valence-corrected chi connectivity index (χ1v) is 7.84. The number of carbonyl (C=O) groups excluding carboxylic acids is 2. The van der Waals surface area contributed by atoms with Crippen molar-refractivity contribution in [3.05, 3.63) is 23.8 Å². The van der Waals surface area contributed by atoms with Gasteiger partial charge in [0, 0.05) is 6.54 Å². The SMILES string of the molecule is CCNC(=O)COc1ccc(/C=N\NC(=O)OC(C)(C)C)cc1OC. The van der Waals surface area contributed by atoms with Gasteiger partial charge in [-0.1, -0.05) is 0 Å². The Morgan fingerprint density at radius 2 is 1.96 bits per heavy atom.